The van der Waals surface area contributed by atoms with Crippen molar-refractivity contribution in [1.29, 1.82) is 0 Å². The Bertz CT molecular complexity index is 813. The summed E-state index contributed by atoms with van der Waals surface area (Å²) in [5.41, 5.74) is 7.01. The van der Waals surface area contributed by atoms with Gasteiger partial charge in [0, 0.05) is 0 Å². The summed E-state index contributed by atoms with van der Waals surface area (Å²) in [4.78, 5) is 10.9. The van der Waals surface area contributed by atoms with Crippen LogP contribution in [0.15, 0.2) is 48.5 Å². The Morgan fingerprint density at radius 3 is 2.55 bits per heavy atom. The van der Waals surface area contributed by atoms with Crippen LogP contribution in [0.1, 0.15) is 10.4 Å². The van der Waals surface area contributed by atoms with E-state index in [2.05, 4.69) is 15.5 Å². The van der Waals surface area contributed by atoms with E-state index in [1.165, 1.54) is 16.8 Å². The maximum atomic E-state index is 10.9. The maximum absolute atomic E-state index is 10.9. The summed E-state index contributed by atoms with van der Waals surface area (Å²) in [5, 5.41) is 20.1. The van der Waals surface area contributed by atoms with E-state index in [0.29, 0.717) is 17.1 Å². The fraction of sp³-hybridized carbons (Fsp3) is 0. The number of hydrogen-bond donors (Lipinski definition) is 2. The van der Waals surface area contributed by atoms with Gasteiger partial charge in [0.1, 0.15) is 0 Å². The molecule has 0 spiro atoms. The highest BCUT2D eigenvalue weighted by atomic mass is 16.5. The van der Waals surface area contributed by atoms with Crippen LogP contribution in [0.25, 0.3) is 5.69 Å². The van der Waals surface area contributed by atoms with Gasteiger partial charge in [-0.1, -0.05) is 17.2 Å². The van der Waals surface area contributed by atoms with Gasteiger partial charge >= 0.3 is 12.0 Å². The van der Waals surface area contributed by atoms with Gasteiger partial charge in [0.05, 0.1) is 16.9 Å². The topological polar surface area (TPSA) is 116 Å². The molecule has 3 rings (SSSR count). The first kappa shape index (κ1) is 13.6. The van der Waals surface area contributed by atoms with Gasteiger partial charge in [0.2, 0.25) is 0 Å². The Balaban J connectivity index is 1.92. The minimum atomic E-state index is -1.00. The first-order chi connectivity index (χ1) is 10.6. The predicted octanol–water partition coefficient (Wildman–Crippen LogP) is 1.73. The van der Waals surface area contributed by atoms with E-state index in [0.717, 1.165) is 0 Å². The monoisotopic (exact) mass is 297 g/mol. The fourth-order valence-electron chi connectivity index (χ4n) is 1.82. The first-order valence-corrected chi connectivity index (χ1v) is 6.29. The molecule has 0 amide bonds. The molecule has 3 N–H and O–H groups in total. The smallest absolute Gasteiger partial charge is 0.345 e. The first-order valence-electron chi connectivity index (χ1n) is 6.29. The minimum Gasteiger partial charge on any atom is -0.478 e. The summed E-state index contributed by atoms with van der Waals surface area (Å²) in [6.45, 7) is 0. The number of rotatable bonds is 4. The number of ether oxygens (including phenoxy) is 1. The van der Waals surface area contributed by atoms with Crippen LogP contribution in [0.3, 0.4) is 0 Å². The van der Waals surface area contributed by atoms with Gasteiger partial charge < -0.3 is 15.6 Å². The third-order valence-corrected chi connectivity index (χ3v) is 2.92. The molecule has 0 aliphatic heterocycles. The molecular weight excluding hydrogens is 286 g/mol. The number of aromatic carboxylic acids is 1. The highest BCUT2D eigenvalue weighted by molar-refractivity contribution is 5.87. The van der Waals surface area contributed by atoms with E-state index in [4.69, 9.17) is 15.6 Å². The molecule has 0 aliphatic carbocycles. The summed E-state index contributed by atoms with van der Waals surface area (Å²) in [6.07, 6.45) is 0. The predicted molar refractivity (Wildman–Crippen MR) is 77.0 cm³/mol. The number of anilines is 1. The zero-order valence-corrected chi connectivity index (χ0v) is 11.2. The highest BCUT2D eigenvalue weighted by Crippen LogP contribution is 2.26. The fourth-order valence-corrected chi connectivity index (χ4v) is 1.82. The normalized spacial score (nSPS) is 10.4. The highest BCUT2D eigenvalue weighted by Gasteiger charge is 2.12. The lowest BCUT2D eigenvalue weighted by Gasteiger charge is -2.08. The van der Waals surface area contributed by atoms with E-state index in [9.17, 15) is 4.79 Å². The Morgan fingerprint density at radius 2 is 1.86 bits per heavy atom. The van der Waals surface area contributed by atoms with Crippen molar-refractivity contribution >= 4 is 11.7 Å². The van der Waals surface area contributed by atoms with Crippen molar-refractivity contribution < 1.29 is 14.6 Å². The number of carboxylic acids is 1. The van der Waals surface area contributed by atoms with Crippen LogP contribution in [0.2, 0.25) is 0 Å². The number of nitrogens with zero attached hydrogens (tertiary/aromatic N) is 4. The van der Waals surface area contributed by atoms with Gasteiger partial charge in [-0.2, -0.15) is 4.68 Å². The number of nitrogen functional groups attached to an aromatic ring is 1. The number of carbonyl (C=O) groups is 1. The lowest BCUT2D eigenvalue weighted by atomic mass is 10.2. The lowest BCUT2D eigenvalue weighted by molar-refractivity contribution is 0.0697. The molecule has 3 aromatic rings. The van der Waals surface area contributed by atoms with Crippen molar-refractivity contribution in [3.8, 4) is 17.4 Å². The summed E-state index contributed by atoms with van der Waals surface area (Å²) in [7, 11) is 0. The molecule has 8 nitrogen and oxygen atoms in total. The van der Waals surface area contributed by atoms with E-state index >= 15 is 0 Å². The molecule has 0 unspecified atom stereocenters. The molecule has 0 saturated carbocycles. The lowest BCUT2D eigenvalue weighted by Crippen LogP contribution is -2.02. The van der Waals surface area contributed by atoms with Crippen LogP contribution in [-0.4, -0.2) is 31.3 Å². The molecule has 0 bridgehead atoms. The van der Waals surface area contributed by atoms with Crippen molar-refractivity contribution in [3.63, 3.8) is 0 Å². The molecule has 1 heterocycles. The van der Waals surface area contributed by atoms with Gasteiger partial charge in [-0.15, -0.1) is 0 Å². The van der Waals surface area contributed by atoms with Crippen LogP contribution < -0.4 is 10.5 Å². The van der Waals surface area contributed by atoms with Crippen molar-refractivity contribution in [2.75, 3.05) is 5.73 Å². The maximum Gasteiger partial charge on any atom is 0.345 e. The number of nitrogens with two attached hydrogens (primary N) is 1. The Kier molecular flexibility index (Phi) is 3.40. The van der Waals surface area contributed by atoms with Gasteiger partial charge in [-0.25, -0.2) is 4.79 Å². The quantitative estimate of drug-likeness (QED) is 0.704. The number of aromatic nitrogens is 4. The van der Waals surface area contributed by atoms with Gasteiger partial charge in [-0.3, -0.25) is 0 Å². The standard InChI is InChI=1S/C14H11N5O3/c15-11-3-1-2-4-12(11)22-14-16-17-18-19(14)10-7-5-9(6-8-10)13(20)21/h1-8H,15H2,(H,20,21). The van der Waals surface area contributed by atoms with Gasteiger partial charge in [0.25, 0.3) is 0 Å². The van der Waals surface area contributed by atoms with Crippen LogP contribution in [0.5, 0.6) is 11.8 Å². The Hall–Kier alpha value is -3.42. The largest absolute Gasteiger partial charge is 0.478 e. The average Bonchev–Trinajstić information content (AvgIpc) is 2.98. The second kappa shape index (κ2) is 5.52. The average molecular weight is 297 g/mol. The molecular formula is C14H11N5O3. The molecule has 0 atom stereocenters. The van der Waals surface area contributed by atoms with Gasteiger partial charge in [0.15, 0.2) is 5.75 Å². The number of tetrazole rings is 1. The molecule has 0 radical (unpaired) electrons. The number of benzene rings is 2. The molecule has 22 heavy (non-hydrogen) atoms. The zero-order chi connectivity index (χ0) is 15.5. The molecule has 110 valence electrons. The SMILES string of the molecule is Nc1ccccc1Oc1nnnn1-c1ccc(C(=O)O)cc1. The number of carboxylic acid groups (broad SMARTS) is 1. The van der Waals surface area contributed by atoms with Crippen molar-refractivity contribution in [2.45, 2.75) is 0 Å². The molecule has 8 heteroatoms. The Labute approximate surface area is 124 Å². The Morgan fingerprint density at radius 1 is 1.14 bits per heavy atom. The van der Waals surface area contributed by atoms with Crippen LogP contribution in [0, 0.1) is 0 Å². The molecule has 1 aromatic heterocycles. The van der Waals surface area contributed by atoms with E-state index in [1.807, 2.05) is 0 Å². The third kappa shape index (κ3) is 2.57. The van der Waals surface area contributed by atoms with Crippen molar-refractivity contribution in [3.05, 3.63) is 54.1 Å². The van der Waals surface area contributed by atoms with Crippen molar-refractivity contribution in [1.82, 2.24) is 20.2 Å². The third-order valence-electron chi connectivity index (χ3n) is 2.92. The molecule has 0 aliphatic rings. The van der Waals surface area contributed by atoms with E-state index < -0.39 is 5.97 Å². The molecule has 0 fully saturated rings. The van der Waals surface area contributed by atoms with Crippen molar-refractivity contribution in [2.24, 2.45) is 0 Å². The summed E-state index contributed by atoms with van der Waals surface area (Å²) >= 11 is 0. The summed E-state index contributed by atoms with van der Waals surface area (Å²) in [6, 6.07) is 13.2. The van der Waals surface area contributed by atoms with Crippen LogP contribution in [0.4, 0.5) is 5.69 Å². The van der Waals surface area contributed by atoms with Crippen LogP contribution in [-0.2, 0) is 0 Å². The second-order valence-electron chi connectivity index (χ2n) is 4.37. The molecule has 2 aromatic carbocycles. The summed E-state index contributed by atoms with van der Waals surface area (Å²) < 4.78 is 6.94. The molecule has 0 saturated heterocycles. The summed E-state index contributed by atoms with van der Waals surface area (Å²) in [5.74, 6) is -0.572. The van der Waals surface area contributed by atoms with Crippen LogP contribution >= 0.6 is 0 Å². The van der Waals surface area contributed by atoms with E-state index in [-0.39, 0.29) is 11.6 Å². The number of para-hydroxylation sites is 2. The zero-order valence-electron chi connectivity index (χ0n) is 11.2. The van der Waals surface area contributed by atoms with E-state index in [1.54, 1.807) is 36.4 Å². The minimum absolute atomic E-state index is 0.126. The van der Waals surface area contributed by atoms with Gasteiger partial charge in [-0.05, 0) is 46.8 Å². The number of hydrogen-bond acceptors (Lipinski definition) is 6. The second-order valence-corrected chi connectivity index (χ2v) is 4.37.